The number of ether oxygens (including phenoxy) is 2. The number of benzene rings is 2. The number of rotatable bonds is 9. The summed E-state index contributed by atoms with van der Waals surface area (Å²) in [6, 6.07) is 13.4. The highest BCUT2D eigenvalue weighted by Crippen LogP contribution is 2.23. The lowest BCUT2D eigenvalue weighted by Crippen LogP contribution is -2.53. The van der Waals surface area contributed by atoms with Crippen LogP contribution in [0.3, 0.4) is 0 Å². The predicted octanol–water partition coefficient (Wildman–Crippen LogP) is 1.75. The molecule has 0 bridgehead atoms. The molecule has 2 amide bonds. The van der Waals surface area contributed by atoms with Crippen LogP contribution in [-0.2, 0) is 32.0 Å². The van der Waals surface area contributed by atoms with Gasteiger partial charge in [0.15, 0.2) is 0 Å². The molecule has 2 N–H and O–H groups in total. The van der Waals surface area contributed by atoms with Crippen molar-refractivity contribution in [2.45, 2.75) is 31.8 Å². The second kappa shape index (κ2) is 11.1. The van der Waals surface area contributed by atoms with E-state index in [0.717, 1.165) is 5.56 Å². The summed E-state index contributed by atoms with van der Waals surface area (Å²) in [6.07, 6.45) is 0.211. The minimum absolute atomic E-state index is 0.0228. The summed E-state index contributed by atoms with van der Waals surface area (Å²) in [5.74, 6) is -1.12. The molecule has 0 radical (unpaired) electrons. The molecular weight excluding hydrogens is 440 g/mol. The molecule has 9 nitrogen and oxygen atoms in total. The summed E-state index contributed by atoms with van der Waals surface area (Å²) in [4.78, 5) is 49.5. The third-order valence-electron chi connectivity index (χ3n) is 5.24. The number of nitrogens with one attached hydrogen (secondary N) is 2. The average Bonchev–Trinajstić information content (AvgIpc) is 2.82. The number of carbonyl (C=O) groups excluding carboxylic acids is 3. The maximum atomic E-state index is 13.1. The first-order chi connectivity index (χ1) is 16.3. The van der Waals surface area contributed by atoms with Gasteiger partial charge in [-0.1, -0.05) is 30.3 Å². The van der Waals surface area contributed by atoms with Gasteiger partial charge < -0.3 is 24.5 Å². The van der Waals surface area contributed by atoms with E-state index in [9.17, 15) is 19.2 Å². The third-order valence-corrected chi connectivity index (χ3v) is 5.24. The molecule has 3 rings (SSSR count). The van der Waals surface area contributed by atoms with E-state index in [-0.39, 0.29) is 24.3 Å². The quantitative estimate of drug-likeness (QED) is 0.364. The van der Waals surface area contributed by atoms with Crippen molar-refractivity contribution in [1.29, 1.82) is 0 Å². The van der Waals surface area contributed by atoms with Crippen molar-refractivity contribution < 1.29 is 28.3 Å². The molecule has 0 aliphatic carbocycles. The fraction of sp³-hybridized carbons (Fsp3) is 0.280. The topological polar surface area (TPSA) is 124 Å². The summed E-state index contributed by atoms with van der Waals surface area (Å²) in [6.45, 7) is 1.31. The molecule has 0 saturated heterocycles. The van der Waals surface area contributed by atoms with Crippen LogP contribution < -0.4 is 21.0 Å². The number of methoxy groups -OCH3 is 2. The van der Waals surface area contributed by atoms with Gasteiger partial charge in [0.05, 0.1) is 14.2 Å². The number of carbonyl (C=O) groups is 3. The summed E-state index contributed by atoms with van der Waals surface area (Å²) in [5, 5.41) is 5.88. The lowest BCUT2D eigenvalue weighted by molar-refractivity contribution is -0.145. The van der Waals surface area contributed by atoms with Crippen molar-refractivity contribution in [2.24, 2.45) is 0 Å². The number of hydrogen-bond acceptors (Lipinski definition) is 7. The molecular formula is C25H26N2O7. The smallest absolute Gasteiger partial charge is 0.336 e. The number of hydrogen-bond donors (Lipinski definition) is 2. The van der Waals surface area contributed by atoms with Crippen molar-refractivity contribution in [3.05, 3.63) is 76.1 Å². The van der Waals surface area contributed by atoms with E-state index in [4.69, 9.17) is 13.9 Å². The van der Waals surface area contributed by atoms with Gasteiger partial charge in [-0.05, 0) is 23.3 Å². The number of esters is 1. The van der Waals surface area contributed by atoms with Gasteiger partial charge in [0, 0.05) is 37.3 Å². The van der Waals surface area contributed by atoms with Gasteiger partial charge in [-0.3, -0.25) is 9.59 Å². The van der Waals surface area contributed by atoms with Crippen LogP contribution in [0.2, 0.25) is 0 Å². The van der Waals surface area contributed by atoms with E-state index in [2.05, 4.69) is 10.6 Å². The Morgan fingerprint density at radius 3 is 2.32 bits per heavy atom. The van der Waals surface area contributed by atoms with E-state index in [1.54, 1.807) is 18.2 Å². The average molecular weight is 466 g/mol. The number of amides is 2. The standard InChI is InChI=1S/C25H26N2O7/c1-15(28)26-20(11-16-7-5-4-6-8-16)24(30)27-21(25(31)33-3)12-17-13-23(29)34-22-14-18(32-2)9-10-19(17)22/h4-10,13-14,20-21H,11-12H2,1-3H3,(H,26,28)(H,27,30)/t20-,21-/m1/s1. The molecule has 3 aromatic rings. The zero-order valence-electron chi connectivity index (χ0n) is 19.1. The van der Waals surface area contributed by atoms with Crippen LogP contribution in [0.5, 0.6) is 5.75 Å². The van der Waals surface area contributed by atoms with Gasteiger partial charge >= 0.3 is 11.6 Å². The molecule has 0 spiro atoms. The lowest BCUT2D eigenvalue weighted by atomic mass is 10.0. The summed E-state index contributed by atoms with van der Waals surface area (Å²) >= 11 is 0. The third kappa shape index (κ3) is 6.22. The lowest BCUT2D eigenvalue weighted by Gasteiger charge is -2.22. The zero-order valence-corrected chi connectivity index (χ0v) is 19.1. The molecule has 2 aromatic carbocycles. The fourth-order valence-corrected chi connectivity index (χ4v) is 3.64. The van der Waals surface area contributed by atoms with E-state index in [1.807, 2.05) is 30.3 Å². The van der Waals surface area contributed by atoms with Crippen molar-refractivity contribution in [2.75, 3.05) is 14.2 Å². The van der Waals surface area contributed by atoms with Gasteiger partial charge in [-0.25, -0.2) is 9.59 Å². The molecule has 0 aliphatic rings. The van der Waals surface area contributed by atoms with Crippen LogP contribution in [0.15, 0.2) is 63.8 Å². The first-order valence-corrected chi connectivity index (χ1v) is 10.6. The maximum Gasteiger partial charge on any atom is 0.336 e. The van der Waals surface area contributed by atoms with Gasteiger partial charge in [0.25, 0.3) is 0 Å². The molecule has 0 saturated carbocycles. The van der Waals surface area contributed by atoms with E-state index < -0.39 is 29.6 Å². The maximum absolute atomic E-state index is 13.1. The molecule has 9 heteroatoms. The summed E-state index contributed by atoms with van der Waals surface area (Å²) in [5.41, 5.74) is 1.01. The van der Waals surface area contributed by atoms with Crippen molar-refractivity contribution in [1.82, 2.24) is 10.6 Å². The molecule has 0 fully saturated rings. The molecule has 34 heavy (non-hydrogen) atoms. The normalized spacial score (nSPS) is 12.4. The van der Waals surface area contributed by atoms with Gasteiger partial charge in [0.2, 0.25) is 11.8 Å². The predicted molar refractivity (Wildman–Crippen MR) is 124 cm³/mol. The Morgan fingerprint density at radius 1 is 0.941 bits per heavy atom. The van der Waals surface area contributed by atoms with Crippen LogP contribution in [-0.4, -0.2) is 44.1 Å². The zero-order chi connectivity index (χ0) is 24.7. The highest BCUT2D eigenvalue weighted by Gasteiger charge is 2.28. The van der Waals surface area contributed by atoms with Gasteiger partial charge in [-0.2, -0.15) is 0 Å². The highest BCUT2D eigenvalue weighted by molar-refractivity contribution is 5.91. The first kappa shape index (κ1) is 24.5. The summed E-state index contributed by atoms with van der Waals surface area (Å²) in [7, 11) is 2.70. The Kier molecular flexibility index (Phi) is 8.02. The van der Waals surface area contributed by atoms with E-state index >= 15 is 0 Å². The fourth-order valence-electron chi connectivity index (χ4n) is 3.64. The monoisotopic (exact) mass is 466 g/mol. The number of fused-ring (bicyclic) bond motifs is 1. The summed E-state index contributed by atoms with van der Waals surface area (Å²) < 4.78 is 15.3. The first-order valence-electron chi connectivity index (χ1n) is 10.6. The minimum Gasteiger partial charge on any atom is -0.497 e. The van der Waals surface area contributed by atoms with Crippen LogP contribution >= 0.6 is 0 Å². The Hall–Kier alpha value is -4.14. The molecule has 1 aromatic heterocycles. The van der Waals surface area contributed by atoms with E-state index in [0.29, 0.717) is 16.7 Å². The molecule has 0 unspecified atom stereocenters. The van der Waals surface area contributed by atoms with Crippen LogP contribution in [0.25, 0.3) is 11.0 Å². The van der Waals surface area contributed by atoms with Gasteiger partial charge in [-0.15, -0.1) is 0 Å². The Labute approximate surface area is 196 Å². The molecule has 1 heterocycles. The van der Waals surface area contributed by atoms with Crippen LogP contribution in [0.1, 0.15) is 18.1 Å². The minimum atomic E-state index is -1.10. The molecule has 2 atom stereocenters. The van der Waals surface area contributed by atoms with Gasteiger partial charge in [0.1, 0.15) is 23.4 Å². The molecule has 0 aliphatic heterocycles. The van der Waals surface area contributed by atoms with Crippen molar-refractivity contribution >= 4 is 28.8 Å². The SMILES string of the molecule is COC(=O)[C@@H](Cc1cc(=O)oc2cc(OC)ccc12)NC(=O)[C@@H](Cc1ccccc1)NC(C)=O. The largest absolute Gasteiger partial charge is 0.497 e. The Bertz CT molecular complexity index is 1240. The highest BCUT2D eigenvalue weighted by atomic mass is 16.5. The Morgan fingerprint density at radius 2 is 1.68 bits per heavy atom. The van der Waals surface area contributed by atoms with E-state index in [1.165, 1.54) is 27.2 Å². The Balaban J connectivity index is 1.88. The molecule has 178 valence electrons. The van der Waals surface area contributed by atoms with Crippen molar-refractivity contribution in [3.63, 3.8) is 0 Å². The van der Waals surface area contributed by atoms with Crippen molar-refractivity contribution in [3.8, 4) is 5.75 Å². The second-order valence-electron chi connectivity index (χ2n) is 7.68. The second-order valence-corrected chi connectivity index (χ2v) is 7.68. The van der Waals surface area contributed by atoms with Crippen LogP contribution in [0.4, 0.5) is 0 Å². The van der Waals surface area contributed by atoms with Crippen LogP contribution in [0, 0.1) is 0 Å².